The van der Waals surface area contributed by atoms with Gasteiger partial charge in [0.2, 0.25) is 0 Å². The summed E-state index contributed by atoms with van der Waals surface area (Å²) in [5.41, 5.74) is 0. The van der Waals surface area contributed by atoms with Crippen molar-refractivity contribution in [3.8, 4) is 0 Å². The van der Waals surface area contributed by atoms with E-state index in [-0.39, 0.29) is 76.7 Å². The Kier molecular flexibility index (Phi) is 145. The minimum absolute atomic E-state index is 0. The van der Waals surface area contributed by atoms with Gasteiger partial charge in [-0.25, -0.2) is 0 Å². The summed E-state index contributed by atoms with van der Waals surface area (Å²) < 4.78 is 0. The fraction of sp³-hybridized carbons (Fsp3) is 0. The Hall–Kier alpha value is 2.43. The van der Waals surface area contributed by atoms with Crippen LogP contribution in [0.25, 0.3) is 0 Å². The molecular formula is FeMgMnZn. The molecule has 19 valence electrons. The van der Waals surface area contributed by atoms with Crippen LogP contribution >= 0.6 is 0 Å². The Labute approximate surface area is 75.7 Å². The third-order valence-electron chi connectivity index (χ3n) is 0. The first kappa shape index (κ1) is 32.1. The van der Waals surface area contributed by atoms with E-state index in [0.29, 0.717) is 0 Å². The molecule has 0 amide bonds. The molecular weight excluding hydrogens is 200 g/mol. The van der Waals surface area contributed by atoms with Gasteiger partial charge in [-0.3, -0.25) is 0 Å². The quantitative estimate of drug-likeness (QED) is 0.468. The van der Waals surface area contributed by atoms with E-state index >= 15 is 0 Å². The van der Waals surface area contributed by atoms with Crippen LogP contribution in [0.1, 0.15) is 0 Å². The summed E-state index contributed by atoms with van der Waals surface area (Å²) in [5.74, 6) is 0. The summed E-state index contributed by atoms with van der Waals surface area (Å²) in [5, 5.41) is 0. The fourth-order valence-electron chi connectivity index (χ4n) is 0. The van der Waals surface area contributed by atoms with Gasteiger partial charge in [0.15, 0.2) is 0 Å². The van der Waals surface area contributed by atoms with Crippen LogP contribution in [0.5, 0.6) is 0 Å². The Morgan fingerprint density at radius 3 is 1.00 bits per heavy atom. The van der Waals surface area contributed by atoms with E-state index in [2.05, 4.69) is 0 Å². The summed E-state index contributed by atoms with van der Waals surface area (Å²) in [4.78, 5) is 0. The molecule has 0 N–H and O–H groups in total. The van der Waals surface area contributed by atoms with E-state index in [1.807, 2.05) is 0 Å². The average molecular weight is 200 g/mol. The van der Waals surface area contributed by atoms with Crippen LogP contribution in [0.15, 0.2) is 0 Å². The Bertz CT molecular complexity index is 8.00. The molecule has 0 aromatic carbocycles. The minimum atomic E-state index is 0. The average Bonchev–Trinajstić information content (AvgIpc) is 0. The normalized spacial score (nSPS) is 0. The van der Waals surface area contributed by atoms with Gasteiger partial charge >= 0.3 is 0 Å². The number of rotatable bonds is 0. The number of hydrogen-bond donors (Lipinski definition) is 0. The zero-order valence-corrected chi connectivity index (χ0v) is 8.81. The maximum atomic E-state index is 0. The largest absolute Gasteiger partial charge is 0 e. The molecule has 0 aliphatic rings. The van der Waals surface area contributed by atoms with Gasteiger partial charge in [-0.05, 0) is 0 Å². The summed E-state index contributed by atoms with van der Waals surface area (Å²) in [6.45, 7) is 0. The topological polar surface area (TPSA) is 0 Å². The second-order valence-electron chi connectivity index (χ2n) is 0. The third-order valence-corrected chi connectivity index (χ3v) is 0. The predicted molar refractivity (Wildman–Crippen MR) is 5.75 cm³/mol. The monoisotopic (exact) mass is 199 g/mol. The molecule has 4 heteroatoms. The minimum Gasteiger partial charge on any atom is 0 e. The second kappa shape index (κ2) is 18.1. The van der Waals surface area contributed by atoms with Gasteiger partial charge < -0.3 is 0 Å². The van der Waals surface area contributed by atoms with E-state index in [1.54, 1.807) is 0 Å². The molecule has 3 radical (unpaired) electrons. The summed E-state index contributed by atoms with van der Waals surface area (Å²) in [6.07, 6.45) is 0. The molecule has 0 aromatic heterocycles. The molecule has 0 atom stereocenters. The molecule has 0 unspecified atom stereocenters. The van der Waals surface area contributed by atoms with Crippen LogP contribution in [-0.4, -0.2) is 23.1 Å². The molecule has 0 rings (SSSR count). The van der Waals surface area contributed by atoms with Gasteiger partial charge in [-0.15, -0.1) is 0 Å². The predicted octanol–water partition coefficient (Wildman–Crippen LogP) is -0.388. The first-order valence-electron chi connectivity index (χ1n) is 0. The van der Waals surface area contributed by atoms with Crippen LogP contribution in [0, 0.1) is 0 Å². The van der Waals surface area contributed by atoms with Gasteiger partial charge in [-0.2, -0.15) is 0 Å². The molecule has 0 saturated carbocycles. The summed E-state index contributed by atoms with van der Waals surface area (Å²) in [6, 6.07) is 0. The SMILES string of the molecule is [Fe].[Mg].[Mn].[Zn]. The molecule has 0 spiro atoms. The van der Waals surface area contributed by atoms with Crippen molar-refractivity contribution in [3.63, 3.8) is 0 Å². The van der Waals surface area contributed by atoms with Crippen LogP contribution in [0.4, 0.5) is 0 Å². The van der Waals surface area contributed by atoms with Gasteiger partial charge in [-0.1, -0.05) is 0 Å². The van der Waals surface area contributed by atoms with Crippen molar-refractivity contribution in [2.45, 2.75) is 0 Å². The first-order chi connectivity index (χ1) is 0. The molecule has 0 fully saturated rings. The van der Waals surface area contributed by atoms with Crippen molar-refractivity contribution >= 4 is 23.1 Å². The van der Waals surface area contributed by atoms with Crippen molar-refractivity contribution in [1.82, 2.24) is 0 Å². The molecule has 0 heterocycles. The van der Waals surface area contributed by atoms with Crippen LogP contribution in [0.2, 0.25) is 0 Å². The first-order valence-corrected chi connectivity index (χ1v) is 0. The van der Waals surface area contributed by atoms with Gasteiger partial charge in [0.25, 0.3) is 0 Å². The molecule has 4 heavy (non-hydrogen) atoms. The van der Waals surface area contributed by atoms with E-state index in [1.165, 1.54) is 0 Å². The third kappa shape index (κ3) is 8.83. The van der Waals surface area contributed by atoms with E-state index in [9.17, 15) is 0 Å². The van der Waals surface area contributed by atoms with E-state index in [0.717, 1.165) is 0 Å². The zero-order chi connectivity index (χ0) is 0. The maximum absolute atomic E-state index is 0. The number of hydrogen-bond acceptors (Lipinski definition) is 0. The van der Waals surface area contributed by atoms with Crippen LogP contribution in [-0.2, 0) is 53.6 Å². The van der Waals surface area contributed by atoms with Crippen molar-refractivity contribution in [2.24, 2.45) is 0 Å². The van der Waals surface area contributed by atoms with Gasteiger partial charge in [0.1, 0.15) is 0 Å². The molecule has 0 nitrogen and oxygen atoms in total. The second-order valence-corrected chi connectivity index (χ2v) is 0. The Morgan fingerprint density at radius 1 is 1.00 bits per heavy atom. The maximum Gasteiger partial charge on any atom is 0 e. The molecule has 0 aromatic rings. The van der Waals surface area contributed by atoms with Gasteiger partial charge in [0, 0.05) is 76.7 Å². The standard InChI is InChI=1S/Fe.Mg.Mn.Zn. The van der Waals surface area contributed by atoms with Crippen LogP contribution < -0.4 is 0 Å². The molecule has 0 aliphatic carbocycles. The Morgan fingerprint density at radius 2 is 1.00 bits per heavy atom. The van der Waals surface area contributed by atoms with E-state index < -0.39 is 0 Å². The van der Waals surface area contributed by atoms with Crippen molar-refractivity contribution in [1.29, 1.82) is 0 Å². The van der Waals surface area contributed by atoms with Crippen molar-refractivity contribution in [3.05, 3.63) is 0 Å². The Balaban J connectivity index is 0. The smallest absolute Gasteiger partial charge is 0 e. The molecule has 0 aliphatic heterocycles. The molecule has 0 saturated heterocycles. The van der Waals surface area contributed by atoms with Crippen molar-refractivity contribution < 1.29 is 53.6 Å². The molecule has 0 bridgehead atoms. The fourth-order valence-corrected chi connectivity index (χ4v) is 0. The summed E-state index contributed by atoms with van der Waals surface area (Å²) in [7, 11) is 0. The summed E-state index contributed by atoms with van der Waals surface area (Å²) >= 11 is 0. The van der Waals surface area contributed by atoms with Crippen molar-refractivity contribution in [2.75, 3.05) is 0 Å². The van der Waals surface area contributed by atoms with E-state index in [4.69, 9.17) is 0 Å². The zero-order valence-electron chi connectivity index (χ0n) is 2.15. The van der Waals surface area contributed by atoms with Crippen LogP contribution in [0.3, 0.4) is 0 Å². The van der Waals surface area contributed by atoms with Gasteiger partial charge in [0.05, 0.1) is 0 Å².